The summed E-state index contributed by atoms with van der Waals surface area (Å²) >= 11 is 0. The van der Waals surface area contributed by atoms with E-state index in [1.54, 1.807) is 32.4 Å². The van der Waals surface area contributed by atoms with Crippen molar-refractivity contribution in [2.45, 2.75) is 13.0 Å². The fourth-order valence-electron chi connectivity index (χ4n) is 3.88. The number of ether oxygens (including phenoxy) is 2. The van der Waals surface area contributed by atoms with E-state index in [1.807, 2.05) is 59.5 Å². The molecule has 0 aromatic heterocycles. The van der Waals surface area contributed by atoms with E-state index in [-0.39, 0.29) is 11.8 Å². The van der Waals surface area contributed by atoms with Gasteiger partial charge in [0.25, 0.3) is 5.91 Å². The molecule has 6 heteroatoms. The second kappa shape index (κ2) is 10.0. The van der Waals surface area contributed by atoms with E-state index in [1.165, 1.54) is 11.6 Å². The van der Waals surface area contributed by atoms with E-state index in [2.05, 4.69) is 5.32 Å². The van der Waals surface area contributed by atoms with Gasteiger partial charge >= 0.3 is 0 Å². The van der Waals surface area contributed by atoms with E-state index in [0.29, 0.717) is 35.8 Å². The molecule has 1 aliphatic rings. The first-order valence-corrected chi connectivity index (χ1v) is 10.7. The van der Waals surface area contributed by atoms with Crippen molar-refractivity contribution < 1.29 is 19.1 Å². The van der Waals surface area contributed by atoms with Gasteiger partial charge in [-0.15, -0.1) is 0 Å². The molecule has 1 heterocycles. The highest BCUT2D eigenvalue weighted by molar-refractivity contribution is 6.02. The minimum atomic E-state index is -0.238. The minimum absolute atomic E-state index is 0.0218. The lowest BCUT2D eigenvalue weighted by Gasteiger charge is -2.29. The van der Waals surface area contributed by atoms with Gasteiger partial charge in [-0.3, -0.25) is 9.59 Å². The molecule has 0 bridgehead atoms. The molecule has 4 rings (SSSR count). The summed E-state index contributed by atoms with van der Waals surface area (Å²) in [6.07, 6.45) is 3.99. The number of amides is 2. The lowest BCUT2D eigenvalue weighted by Crippen LogP contribution is -2.36. The second-order valence-electron chi connectivity index (χ2n) is 7.76. The molecule has 0 unspecified atom stereocenters. The minimum Gasteiger partial charge on any atom is -0.493 e. The first-order valence-electron chi connectivity index (χ1n) is 10.7. The average Bonchev–Trinajstić information content (AvgIpc) is 2.86. The molecular weight excluding hydrogens is 416 g/mol. The van der Waals surface area contributed by atoms with Gasteiger partial charge in [0.2, 0.25) is 5.91 Å². The molecule has 0 atom stereocenters. The quantitative estimate of drug-likeness (QED) is 0.569. The summed E-state index contributed by atoms with van der Waals surface area (Å²) in [7, 11) is 3.15. The number of benzene rings is 3. The number of methoxy groups -OCH3 is 2. The summed E-state index contributed by atoms with van der Waals surface area (Å²) in [6, 6.07) is 20.6. The largest absolute Gasteiger partial charge is 0.493 e. The van der Waals surface area contributed by atoms with E-state index in [4.69, 9.17) is 9.47 Å². The molecule has 0 saturated heterocycles. The first-order chi connectivity index (χ1) is 16.1. The Balaban J connectivity index is 1.42. The molecule has 1 aliphatic heterocycles. The van der Waals surface area contributed by atoms with Crippen molar-refractivity contribution in [1.29, 1.82) is 0 Å². The van der Waals surface area contributed by atoms with Gasteiger partial charge in [0, 0.05) is 30.4 Å². The van der Waals surface area contributed by atoms with Gasteiger partial charge in [-0.05, 0) is 65.6 Å². The van der Waals surface area contributed by atoms with Crippen LogP contribution in [0.5, 0.6) is 11.5 Å². The zero-order chi connectivity index (χ0) is 23.2. The molecular formula is C27H26N2O4. The summed E-state index contributed by atoms with van der Waals surface area (Å²) in [6.45, 7) is 1.20. The van der Waals surface area contributed by atoms with Crippen molar-refractivity contribution in [1.82, 2.24) is 4.90 Å². The molecule has 0 saturated carbocycles. The standard InChI is InChI=1S/C27H26N2O4/c1-32-24-12-8-19(16-25(24)33-2)9-13-26(30)28-23-11-10-20-14-15-29(18-22(20)17-23)27(31)21-6-4-3-5-7-21/h3-13,16-17H,14-15,18H2,1-2H3,(H,28,30)/b13-9+. The topological polar surface area (TPSA) is 67.9 Å². The molecule has 3 aromatic carbocycles. The van der Waals surface area contributed by atoms with Gasteiger partial charge in [0.1, 0.15) is 0 Å². The number of anilines is 1. The molecule has 1 N–H and O–H groups in total. The molecule has 33 heavy (non-hydrogen) atoms. The Morgan fingerprint density at radius 3 is 2.45 bits per heavy atom. The van der Waals surface area contributed by atoms with Crippen LogP contribution in [0.4, 0.5) is 5.69 Å². The Hall–Kier alpha value is -4.06. The highest BCUT2D eigenvalue weighted by Crippen LogP contribution is 2.28. The lowest BCUT2D eigenvalue weighted by atomic mass is 9.98. The zero-order valence-electron chi connectivity index (χ0n) is 18.7. The van der Waals surface area contributed by atoms with Gasteiger partial charge < -0.3 is 19.7 Å². The fourth-order valence-corrected chi connectivity index (χ4v) is 3.88. The third-order valence-corrected chi connectivity index (χ3v) is 5.63. The smallest absolute Gasteiger partial charge is 0.254 e. The van der Waals surface area contributed by atoms with E-state index < -0.39 is 0 Å². The first kappa shape index (κ1) is 22.1. The van der Waals surface area contributed by atoms with Crippen molar-refractivity contribution in [2.75, 3.05) is 26.1 Å². The number of hydrogen-bond acceptors (Lipinski definition) is 4. The van der Waals surface area contributed by atoms with Gasteiger partial charge in [-0.1, -0.05) is 30.3 Å². The molecule has 0 spiro atoms. The number of carbonyl (C=O) groups excluding carboxylic acids is 2. The number of rotatable bonds is 6. The van der Waals surface area contributed by atoms with Crippen LogP contribution in [0.15, 0.2) is 72.8 Å². The number of carbonyl (C=O) groups is 2. The predicted molar refractivity (Wildman–Crippen MR) is 129 cm³/mol. The fraction of sp³-hybridized carbons (Fsp3) is 0.185. The summed E-state index contributed by atoms with van der Waals surface area (Å²) in [4.78, 5) is 27.1. The lowest BCUT2D eigenvalue weighted by molar-refractivity contribution is -0.111. The number of nitrogens with one attached hydrogen (secondary N) is 1. The molecule has 168 valence electrons. The van der Waals surface area contributed by atoms with Crippen molar-refractivity contribution in [3.05, 3.63) is 95.1 Å². The van der Waals surface area contributed by atoms with Crippen molar-refractivity contribution in [3.63, 3.8) is 0 Å². The third kappa shape index (κ3) is 5.23. The Bertz CT molecular complexity index is 1190. The SMILES string of the molecule is COc1ccc(/C=C/C(=O)Nc2ccc3c(c2)CN(C(=O)c2ccccc2)CC3)cc1OC. The van der Waals surface area contributed by atoms with Crippen molar-refractivity contribution in [3.8, 4) is 11.5 Å². The van der Waals surface area contributed by atoms with Crippen LogP contribution < -0.4 is 14.8 Å². The Morgan fingerprint density at radius 2 is 1.70 bits per heavy atom. The maximum atomic E-state index is 12.8. The van der Waals surface area contributed by atoms with Gasteiger partial charge in [-0.2, -0.15) is 0 Å². The number of nitrogens with zero attached hydrogens (tertiary/aromatic N) is 1. The van der Waals surface area contributed by atoms with Gasteiger partial charge in [0.05, 0.1) is 14.2 Å². The normalized spacial score (nSPS) is 12.8. The van der Waals surface area contributed by atoms with E-state index >= 15 is 0 Å². The molecule has 0 aliphatic carbocycles. The monoisotopic (exact) mass is 442 g/mol. The summed E-state index contributed by atoms with van der Waals surface area (Å²) in [5.74, 6) is 1.02. The molecule has 0 radical (unpaired) electrons. The van der Waals surface area contributed by atoms with Crippen molar-refractivity contribution >= 4 is 23.6 Å². The van der Waals surface area contributed by atoms with Crippen LogP contribution in [0.25, 0.3) is 6.08 Å². The predicted octanol–water partition coefficient (Wildman–Crippen LogP) is 4.55. The molecule has 0 fully saturated rings. The number of fused-ring (bicyclic) bond motifs is 1. The highest BCUT2D eigenvalue weighted by atomic mass is 16.5. The Labute approximate surface area is 193 Å². The van der Waals surface area contributed by atoms with Crippen LogP contribution >= 0.6 is 0 Å². The van der Waals surface area contributed by atoms with Crippen LogP contribution in [0.1, 0.15) is 27.0 Å². The van der Waals surface area contributed by atoms with E-state index in [0.717, 1.165) is 17.5 Å². The second-order valence-corrected chi connectivity index (χ2v) is 7.76. The van der Waals surface area contributed by atoms with Crippen molar-refractivity contribution in [2.24, 2.45) is 0 Å². The third-order valence-electron chi connectivity index (χ3n) is 5.63. The maximum Gasteiger partial charge on any atom is 0.254 e. The summed E-state index contributed by atoms with van der Waals surface area (Å²) in [5.41, 5.74) is 4.46. The zero-order valence-corrected chi connectivity index (χ0v) is 18.7. The number of hydrogen-bond donors (Lipinski definition) is 1. The molecule has 2 amide bonds. The highest BCUT2D eigenvalue weighted by Gasteiger charge is 2.22. The van der Waals surface area contributed by atoms with Gasteiger partial charge in [0.15, 0.2) is 11.5 Å². The maximum absolute atomic E-state index is 12.8. The van der Waals surface area contributed by atoms with E-state index in [9.17, 15) is 9.59 Å². The van der Waals surface area contributed by atoms with Gasteiger partial charge in [-0.25, -0.2) is 0 Å². The van der Waals surface area contributed by atoms with Crippen LogP contribution in [0.2, 0.25) is 0 Å². The van der Waals surface area contributed by atoms with Crippen LogP contribution in [-0.2, 0) is 17.8 Å². The molecule has 3 aromatic rings. The molecule has 6 nitrogen and oxygen atoms in total. The van der Waals surface area contributed by atoms with Crippen LogP contribution in [0, 0.1) is 0 Å². The summed E-state index contributed by atoms with van der Waals surface area (Å²) < 4.78 is 10.5. The summed E-state index contributed by atoms with van der Waals surface area (Å²) in [5, 5.41) is 2.90. The Morgan fingerprint density at radius 1 is 0.909 bits per heavy atom. The van der Waals surface area contributed by atoms with Crippen LogP contribution in [-0.4, -0.2) is 37.5 Å². The average molecular weight is 443 g/mol. The van der Waals surface area contributed by atoms with Crippen LogP contribution in [0.3, 0.4) is 0 Å². The Kier molecular flexibility index (Phi) is 6.74.